The average molecular weight is 931 g/mol. The van der Waals surface area contributed by atoms with Crippen LogP contribution in [0.2, 0.25) is 0 Å². The van der Waals surface area contributed by atoms with Gasteiger partial charge in [0.1, 0.15) is 0 Å². The van der Waals surface area contributed by atoms with E-state index in [0.29, 0.717) is 0 Å². The highest BCUT2D eigenvalue weighted by atomic mass is 14.4. The lowest BCUT2D eigenvalue weighted by Gasteiger charge is -2.24. The molecule has 0 spiro atoms. The molecule has 0 atom stereocenters. The third-order valence-electron chi connectivity index (χ3n) is 17.9. The second-order valence-corrected chi connectivity index (χ2v) is 22.8. The molecule has 4 aliphatic carbocycles. The molecule has 0 aromatic heterocycles. The first-order valence-corrected chi connectivity index (χ1v) is 26.1. The number of fused-ring (bicyclic) bond motifs is 12. The second kappa shape index (κ2) is 14.9. The van der Waals surface area contributed by atoms with Gasteiger partial charge in [-0.15, -0.1) is 0 Å². The summed E-state index contributed by atoms with van der Waals surface area (Å²) in [6.45, 7) is 14.4. The van der Waals surface area contributed by atoms with Gasteiger partial charge < -0.3 is 0 Å². The van der Waals surface area contributed by atoms with Gasteiger partial charge in [0.25, 0.3) is 0 Å². The van der Waals surface area contributed by atoms with Gasteiger partial charge in [0.15, 0.2) is 0 Å². The molecule has 0 N–H and O–H groups in total. The SMILES string of the molecule is CC1(C)c2ccccc2-c2ccc(-c3ccc4c(c3)C(C)(C)c3cc(-c5ccc6c(c5)C(C)(C)c5cc(-c7ccc(-c8ccc(-c9ccc%10c%11c(cccc9%11)-c9ccccc9-%10)cc8)cc7)ccc5-6)ccc3-4)cc21. The van der Waals surface area contributed by atoms with Gasteiger partial charge in [0.2, 0.25) is 0 Å². The minimum atomic E-state index is -0.147. The lowest BCUT2D eigenvalue weighted by molar-refractivity contribution is 0.659. The lowest BCUT2D eigenvalue weighted by Crippen LogP contribution is -2.16. The van der Waals surface area contributed by atoms with E-state index >= 15 is 0 Å². The molecule has 11 aromatic rings. The highest BCUT2D eigenvalue weighted by Gasteiger charge is 2.39. The molecule has 0 saturated carbocycles. The highest BCUT2D eigenvalue weighted by molar-refractivity contribution is 6.18. The van der Waals surface area contributed by atoms with E-state index in [1.54, 1.807) is 0 Å². The molecule has 0 amide bonds. The molecule has 73 heavy (non-hydrogen) atoms. The maximum atomic E-state index is 2.48. The molecular weight excluding hydrogens is 877 g/mol. The maximum Gasteiger partial charge on any atom is 0.0159 e. The zero-order chi connectivity index (χ0) is 49.1. The summed E-state index contributed by atoms with van der Waals surface area (Å²) in [4.78, 5) is 0. The molecule has 346 valence electrons. The largest absolute Gasteiger partial charge is 0.0619 e. The molecule has 11 aromatic carbocycles. The van der Waals surface area contributed by atoms with Gasteiger partial charge in [0.05, 0.1) is 0 Å². The summed E-state index contributed by atoms with van der Waals surface area (Å²) in [7, 11) is 0. The van der Waals surface area contributed by atoms with Crippen molar-refractivity contribution in [2.75, 3.05) is 0 Å². The average Bonchev–Trinajstić information content (AvgIpc) is 4.04. The van der Waals surface area contributed by atoms with E-state index in [9.17, 15) is 0 Å². The quantitative estimate of drug-likeness (QED) is 0.161. The molecule has 0 radical (unpaired) electrons. The summed E-state index contributed by atoms with van der Waals surface area (Å²) >= 11 is 0. The Morgan fingerprint density at radius 3 is 0.904 bits per heavy atom. The van der Waals surface area contributed by atoms with Crippen LogP contribution in [0.3, 0.4) is 0 Å². The fourth-order valence-electron chi connectivity index (χ4n) is 13.8. The molecule has 0 saturated heterocycles. The van der Waals surface area contributed by atoms with Crippen molar-refractivity contribution in [1.29, 1.82) is 0 Å². The van der Waals surface area contributed by atoms with E-state index in [1.165, 1.54) is 155 Å². The Morgan fingerprint density at radius 2 is 0.466 bits per heavy atom. The predicted molar refractivity (Wildman–Crippen MR) is 308 cm³/mol. The van der Waals surface area contributed by atoms with Crippen LogP contribution in [0.4, 0.5) is 0 Å². The van der Waals surface area contributed by atoms with Crippen molar-refractivity contribution in [1.82, 2.24) is 0 Å². The van der Waals surface area contributed by atoms with Crippen LogP contribution in [0, 0.1) is 0 Å². The molecule has 0 bridgehead atoms. The molecule has 0 fully saturated rings. The lowest BCUT2D eigenvalue weighted by atomic mass is 9.79. The van der Waals surface area contributed by atoms with E-state index in [2.05, 4.69) is 260 Å². The monoisotopic (exact) mass is 930 g/mol. The van der Waals surface area contributed by atoms with Gasteiger partial charge in [0, 0.05) is 16.2 Å². The van der Waals surface area contributed by atoms with Crippen molar-refractivity contribution in [3.05, 3.63) is 252 Å². The van der Waals surface area contributed by atoms with E-state index < -0.39 is 0 Å². The van der Waals surface area contributed by atoms with Gasteiger partial charge in [-0.25, -0.2) is 0 Å². The molecular formula is C73H54. The van der Waals surface area contributed by atoms with Crippen LogP contribution in [0.15, 0.2) is 218 Å². The zero-order valence-corrected chi connectivity index (χ0v) is 42.3. The summed E-state index contributed by atoms with van der Waals surface area (Å²) in [5.74, 6) is 0. The Morgan fingerprint density at radius 1 is 0.192 bits per heavy atom. The van der Waals surface area contributed by atoms with Gasteiger partial charge in [-0.3, -0.25) is 0 Å². The number of rotatable bonds is 5. The van der Waals surface area contributed by atoms with Crippen molar-refractivity contribution in [2.45, 2.75) is 57.8 Å². The minimum Gasteiger partial charge on any atom is -0.0619 e. The first kappa shape index (κ1) is 42.4. The fourth-order valence-corrected chi connectivity index (χ4v) is 13.8. The Balaban J connectivity index is 0.684. The molecule has 15 rings (SSSR count). The van der Waals surface area contributed by atoms with Crippen LogP contribution in [-0.2, 0) is 16.2 Å². The van der Waals surface area contributed by atoms with Gasteiger partial charge >= 0.3 is 0 Å². The summed E-state index contributed by atoms with van der Waals surface area (Å²) in [6.07, 6.45) is 0. The Kier molecular flexibility index (Phi) is 8.63. The standard InChI is InChI=1S/C73H54/c1-71(2)64-17-10-9-14-55(64)56-32-27-48(39-65(56)71)49-28-34-59-60-35-30-51(42-69(60)73(5,6)68(59)40-49)50-29-33-58-57-31-26-47(38-66(57)72(3,4)67(58)41-50)45-20-18-43(19-21-45)44-22-24-46(25-23-44)52-36-37-63-54-13-8-7-12-53(54)62-16-11-15-61(52)70(62)63/h7-42H,1-6H3. The maximum absolute atomic E-state index is 2.48. The van der Waals surface area contributed by atoms with Crippen LogP contribution >= 0.6 is 0 Å². The van der Waals surface area contributed by atoms with Crippen molar-refractivity contribution < 1.29 is 0 Å². The smallest absolute Gasteiger partial charge is 0.0159 e. The fraction of sp³-hybridized carbons (Fsp3) is 0.123. The predicted octanol–water partition coefficient (Wildman–Crippen LogP) is 19.7. The van der Waals surface area contributed by atoms with E-state index in [-0.39, 0.29) is 16.2 Å². The van der Waals surface area contributed by atoms with E-state index in [0.717, 1.165) is 0 Å². The van der Waals surface area contributed by atoms with Crippen molar-refractivity contribution in [2.24, 2.45) is 0 Å². The topological polar surface area (TPSA) is 0 Å². The van der Waals surface area contributed by atoms with Crippen LogP contribution in [0.25, 0.3) is 122 Å². The van der Waals surface area contributed by atoms with Crippen LogP contribution < -0.4 is 0 Å². The number of hydrogen-bond acceptors (Lipinski definition) is 0. The van der Waals surface area contributed by atoms with Gasteiger partial charge in [-0.05, 0) is 186 Å². The molecule has 4 aliphatic rings. The van der Waals surface area contributed by atoms with Crippen LogP contribution in [-0.4, -0.2) is 0 Å². The highest BCUT2D eigenvalue weighted by Crippen LogP contribution is 2.55. The molecule has 0 heterocycles. The molecule has 0 nitrogen and oxygen atoms in total. The Bertz CT molecular complexity index is 4160. The first-order valence-electron chi connectivity index (χ1n) is 26.1. The Labute approximate surface area is 429 Å². The molecule has 0 aliphatic heterocycles. The van der Waals surface area contributed by atoms with Crippen LogP contribution in [0.1, 0.15) is 74.9 Å². The summed E-state index contributed by atoms with van der Waals surface area (Å²) in [6, 6.07) is 83.2. The normalized spacial score (nSPS) is 15.0. The summed E-state index contributed by atoms with van der Waals surface area (Å²) in [5, 5.41) is 2.68. The second-order valence-electron chi connectivity index (χ2n) is 22.8. The van der Waals surface area contributed by atoms with Crippen molar-refractivity contribution in [3.8, 4) is 111 Å². The van der Waals surface area contributed by atoms with Crippen molar-refractivity contribution >= 4 is 10.8 Å². The summed E-state index contributed by atoms with van der Waals surface area (Å²) in [5.41, 5.74) is 34.2. The van der Waals surface area contributed by atoms with E-state index in [4.69, 9.17) is 0 Å². The minimum absolute atomic E-state index is 0.0250. The van der Waals surface area contributed by atoms with Gasteiger partial charge in [-0.1, -0.05) is 230 Å². The Hall–Kier alpha value is -8.32. The molecule has 0 unspecified atom stereocenters. The number of hydrogen-bond donors (Lipinski definition) is 0. The number of benzene rings is 11. The van der Waals surface area contributed by atoms with Gasteiger partial charge in [-0.2, -0.15) is 0 Å². The third-order valence-corrected chi connectivity index (χ3v) is 17.9. The zero-order valence-electron chi connectivity index (χ0n) is 42.3. The van der Waals surface area contributed by atoms with Crippen LogP contribution in [0.5, 0.6) is 0 Å². The third kappa shape index (κ3) is 5.96. The van der Waals surface area contributed by atoms with Crippen molar-refractivity contribution in [3.63, 3.8) is 0 Å². The first-order chi connectivity index (χ1) is 35.4. The van der Waals surface area contributed by atoms with E-state index in [1.807, 2.05) is 0 Å². The molecule has 0 heteroatoms. The summed E-state index contributed by atoms with van der Waals surface area (Å²) < 4.78 is 0.